The molecule has 36 heavy (non-hydrogen) atoms. The summed E-state index contributed by atoms with van der Waals surface area (Å²) in [5.41, 5.74) is 1.52. The topological polar surface area (TPSA) is 102 Å². The number of aromatic amines is 1. The third-order valence-electron chi connectivity index (χ3n) is 6.56. The maximum absolute atomic E-state index is 13.7. The number of fused-ring (bicyclic) bond motifs is 2. The number of ether oxygens (including phenoxy) is 2. The number of nitrogens with one attached hydrogen (secondary N) is 3. The highest BCUT2D eigenvalue weighted by molar-refractivity contribution is 5.92. The lowest BCUT2D eigenvalue weighted by atomic mass is 10.1. The molecule has 1 saturated carbocycles. The van der Waals surface area contributed by atoms with Gasteiger partial charge in [0.2, 0.25) is 5.95 Å². The van der Waals surface area contributed by atoms with Crippen molar-refractivity contribution in [1.82, 2.24) is 24.7 Å². The number of halogens is 3. The van der Waals surface area contributed by atoms with E-state index in [2.05, 4.69) is 30.7 Å². The maximum Gasteiger partial charge on any atom is 0.418 e. The normalized spacial score (nSPS) is 16.0. The molecule has 1 aromatic carbocycles. The summed E-state index contributed by atoms with van der Waals surface area (Å²) in [6, 6.07) is 5.62. The Balaban J connectivity index is 1.42. The van der Waals surface area contributed by atoms with E-state index >= 15 is 0 Å². The summed E-state index contributed by atoms with van der Waals surface area (Å²) in [5, 5.41) is 10.5. The molecule has 2 aliphatic rings. The van der Waals surface area contributed by atoms with Crippen molar-refractivity contribution in [1.29, 1.82) is 0 Å². The maximum atomic E-state index is 13.7. The van der Waals surface area contributed by atoms with Gasteiger partial charge in [-0.05, 0) is 31.0 Å². The molecule has 6 rings (SSSR count). The second kappa shape index (κ2) is 8.61. The highest BCUT2D eigenvalue weighted by atomic mass is 19.4. The summed E-state index contributed by atoms with van der Waals surface area (Å²) >= 11 is 0. The smallest absolute Gasteiger partial charge is 0.418 e. The van der Waals surface area contributed by atoms with Gasteiger partial charge in [-0.2, -0.15) is 28.2 Å². The summed E-state index contributed by atoms with van der Waals surface area (Å²) < 4.78 is 54.7. The molecule has 1 aliphatic carbocycles. The molecule has 0 spiro atoms. The number of H-pyrrole nitrogens is 1. The van der Waals surface area contributed by atoms with Crippen LogP contribution in [0, 0.1) is 0 Å². The molecule has 0 unspecified atom stereocenters. The van der Waals surface area contributed by atoms with Crippen molar-refractivity contribution in [2.45, 2.75) is 37.9 Å². The fourth-order valence-corrected chi connectivity index (χ4v) is 4.88. The van der Waals surface area contributed by atoms with Crippen LogP contribution >= 0.6 is 0 Å². The van der Waals surface area contributed by atoms with Crippen LogP contribution < -0.4 is 20.1 Å². The zero-order chi connectivity index (χ0) is 24.9. The molecule has 0 saturated heterocycles. The Morgan fingerprint density at radius 2 is 1.83 bits per heavy atom. The molecule has 4 heterocycles. The van der Waals surface area contributed by atoms with Gasteiger partial charge < -0.3 is 25.1 Å². The average Bonchev–Trinajstić information content (AvgIpc) is 3.60. The molecule has 9 nitrogen and oxygen atoms in total. The molecular weight excluding hydrogens is 475 g/mol. The van der Waals surface area contributed by atoms with Crippen molar-refractivity contribution in [2.75, 3.05) is 23.8 Å². The van der Waals surface area contributed by atoms with Gasteiger partial charge in [0, 0.05) is 31.0 Å². The first-order valence-corrected chi connectivity index (χ1v) is 11.8. The van der Waals surface area contributed by atoms with Crippen LogP contribution in [0.4, 0.5) is 30.6 Å². The standard InChI is InChI=1S/C24H24F3N7O2/c1-34-17(8-9-29-34)14-6-7-16(20-19(14)35-10-11-36-20)31-23-32-21-18(15(12-28-21)24(25,26)27)22(33-23)30-13-4-2-3-5-13/h6-9,12-13H,2-5,10-11H2,1H3,(H3,28,30,31,32,33). The summed E-state index contributed by atoms with van der Waals surface area (Å²) in [6.07, 6.45) is 1.93. The lowest BCUT2D eigenvalue weighted by Gasteiger charge is -2.24. The number of hydrogen-bond donors (Lipinski definition) is 3. The van der Waals surface area contributed by atoms with E-state index in [4.69, 9.17) is 9.47 Å². The molecule has 188 valence electrons. The number of anilines is 3. The van der Waals surface area contributed by atoms with Gasteiger partial charge in [0.15, 0.2) is 11.5 Å². The molecule has 0 atom stereocenters. The van der Waals surface area contributed by atoms with E-state index in [1.807, 2.05) is 25.2 Å². The summed E-state index contributed by atoms with van der Waals surface area (Å²) in [7, 11) is 1.84. The van der Waals surface area contributed by atoms with Crippen LogP contribution in [0.15, 0.2) is 30.6 Å². The lowest BCUT2D eigenvalue weighted by Crippen LogP contribution is -2.18. The average molecular weight is 499 g/mol. The summed E-state index contributed by atoms with van der Waals surface area (Å²) in [6.45, 7) is 0.748. The van der Waals surface area contributed by atoms with Gasteiger partial charge in [-0.15, -0.1) is 0 Å². The van der Waals surface area contributed by atoms with Crippen molar-refractivity contribution in [2.24, 2.45) is 7.05 Å². The van der Waals surface area contributed by atoms with E-state index in [1.165, 1.54) is 0 Å². The Morgan fingerprint density at radius 1 is 1.06 bits per heavy atom. The van der Waals surface area contributed by atoms with E-state index in [9.17, 15) is 13.2 Å². The molecule has 0 bridgehead atoms. The van der Waals surface area contributed by atoms with Gasteiger partial charge in [-0.1, -0.05) is 12.8 Å². The molecule has 12 heteroatoms. The van der Waals surface area contributed by atoms with Crippen LogP contribution in [0.3, 0.4) is 0 Å². The number of benzene rings is 1. The third-order valence-corrected chi connectivity index (χ3v) is 6.56. The molecule has 3 N–H and O–H groups in total. The largest absolute Gasteiger partial charge is 0.485 e. The Labute approximate surface area is 204 Å². The van der Waals surface area contributed by atoms with Gasteiger partial charge in [0.05, 0.1) is 22.3 Å². The fourth-order valence-electron chi connectivity index (χ4n) is 4.88. The van der Waals surface area contributed by atoms with Gasteiger partial charge >= 0.3 is 6.18 Å². The van der Waals surface area contributed by atoms with Gasteiger partial charge in [0.1, 0.15) is 24.7 Å². The highest BCUT2D eigenvalue weighted by Crippen LogP contribution is 2.46. The highest BCUT2D eigenvalue weighted by Gasteiger charge is 2.36. The fraction of sp³-hybridized carbons (Fsp3) is 0.375. The first kappa shape index (κ1) is 22.5. The van der Waals surface area contributed by atoms with E-state index in [0.29, 0.717) is 30.4 Å². The number of alkyl halides is 3. The number of aryl methyl sites for hydroxylation is 1. The van der Waals surface area contributed by atoms with E-state index in [-0.39, 0.29) is 28.8 Å². The van der Waals surface area contributed by atoms with Crippen LogP contribution in [0.2, 0.25) is 0 Å². The Kier molecular flexibility index (Phi) is 5.38. The minimum absolute atomic E-state index is 0.0619. The monoisotopic (exact) mass is 499 g/mol. The Bertz CT molecular complexity index is 1420. The molecular formula is C24H24F3N7O2. The zero-order valence-electron chi connectivity index (χ0n) is 19.4. The van der Waals surface area contributed by atoms with Crippen molar-refractivity contribution in [3.8, 4) is 22.8 Å². The Hall–Kier alpha value is -3.96. The first-order chi connectivity index (χ1) is 17.4. The van der Waals surface area contributed by atoms with Crippen LogP contribution in [0.25, 0.3) is 22.3 Å². The minimum atomic E-state index is -4.53. The molecule has 1 aliphatic heterocycles. The zero-order valence-corrected chi connectivity index (χ0v) is 19.4. The summed E-state index contributed by atoms with van der Waals surface area (Å²) in [4.78, 5) is 11.5. The van der Waals surface area contributed by atoms with Crippen molar-refractivity contribution in [3.63, 3.8) is 0 Å². The lowest BCUT2D eigenvalue weighted by molar-refractivity contribution is -0.136. The molecule has 1 fully saturated rings. The van der Waals surface area contributed by atoms with E-state index in [1.54, 1.807) is 10.9 Å². The van der Waals surface area contributed by atoms with Crippen LogP contribution in [0.5, 0.6) is 11.5 Å². The van der Waals surface area contributed by atoms with E-state index in [0.717, 1.165) is 43.1 Å². The number of nitrogens with zero attached hydrogens (tertiary/aromatic N) is 4. The van der Waals surface area contributed by atoms with Crippen molar-refractivity contribution < 1.29 is 22.6 Å². The first-order valence-electron chi connectivity index (χ1n) is 11.8. The summed E-state index contributed by atoms with van der Waals surface area (Å²) in [5.74, 6) is 1.33. The second-order valence-electron chi connectivity index (χ2n) is 8.93. The van der Waals surface area contributed by atoms with Crippen molar-refractivity contribution >= 4 is 28.5 Å². The second-order valence-corrected chi connectivity index (χ2v) is 8.93. The van der Waals surface area contributed by atoms with Gasteiger partial charge in [-0.3, -0.25) is 4.68 Å². The van der Waals surface area contributed by atoms with Crippen LogP contribution in [-0.4, -0.2) is 44.0 Å². The SMILES string of the molecule is Cn1nccc1-c1ccc(Nc2nc(NC3CCCC3)c3c(C(F)(F)F)c[nH]c3n2)c2c1OCCO2. The predicted octanol–water partition coefficient (Wildman–Crippen LogP) is 5.25. The number of rotatable bonds is 5. The quantitative estimate of drug-likeness (QED) is 0.345. The van der Waals surface area contributed by atoms with Gasteiger partial charge in [0.25, 0.3) is 0 Å². The van der Waals surface area contributed by atoms with Crippen molar-refractivity contribution in [3.05, 3.63) is 36.2 Å². The molecule has 4 aromatic rings. The number of hydrogen-bond acceptors (Lipinski definition) is 7. The van der Waals surface area contributed by atoms with E-state index < -0.39 is 11.7 Å². The molecule has 0 radical (unpaired) electrons. The van der Waals surface area contributed by atoms with Gasteiger partial charge in [-0.25, -0.2) is 0 Å². The third kappa shape index (κ3) is 3.95. The molecule has 0 amide bonds. The van der Waals surface area contributed by atoms with Crippen LogP contribution in [-0.2, 0) is 13.2 Å². The van der Waals surface area contributed by atoms with Crippen LogP contribution in [0.1, 0.15) is 31.2 Å². The Morgan fingerprint density at radius 3 is 2.56 bits per heavy atom. The predicted molar refractivity (Wildman–Crippen MR) is 128 cm³/mol. The minimum Gasteiger partial charge on any atom is -0.485 e. The number of aromatic nitrogens is 5. The molecule has 3 aromatic heterocycles.